The zero-order valence-electron chi connectivity index (χ0n) is 20.7. The minimum Gasteiger partial charge on any atom is -0.497 e. The molecule has 0 radical (unpaired) electrons. The smallest absolute Gasteiger partial charge is 0.231 e. The van der Waals surface area contributed by atoms with E-state index in [9.17, 15) is 9.59 Å². The number of nitrogens with one attached hydrogen (secondary N) is 1. The Labute approximate surface area is 209 Å². The summed E-state index contributed by atoms with van der Waals surface area (Å²) in [5, 5.41) is 2.90. The maximum absolute atomic E-state index is 13.5. The lowest BCUT2D eigenvalue weighted by Gasteiger charge is -2.41. The summed E-state index contributed by atoms with van der Waals surface area (Å²) in [7, 11) is 6.14. The van der Waals surface area contributed by atoms with Gasteiger partial charge in [0, 0.05) is 24.8 Å². The third-order valence-electron chi connectivity index (χ3n) is 6.24. The highest BCUT2D eigenvalue weighted by Crippen LogP contribution is 2.46. The van der Waals surface area contributed by atoms with E-state index in [1.54, 1.807) is 48.5 Å². The lowest BCUT2D eigenvalue weighted by molar-refractivity contribution is -0.125. The van der Waals surface area contributed by atoms with E-state index in [-0.39, 0.29) is 18.2 Å². The Morgan fingerprint density at radius 2 is 1.64 bits per heavy atom. The fraction of sp³-hybridized carbons (Fsp3) is 0.296. The summed E-state index contributed by atoms with van der Waals surface area (Å²) < 4.78 is 21.8. The molecule has 188 valence electrons. The highest BCUT2D eigenvalue weighted by Gasteiger charge is 2.42. The molecule has 36 heavy (non-hydrogen) atoms. The van der Waals surface area contributed by atoms with Crippen LogP contribution in [-0.2, 0) is 9.59 Å². The summed E-state index contributed by atoms with van der Waals surface area (Å²) in [5.41, 5.74) is 1.32. The molecule has 1 aromatic heterocycles. The van der Waals surface area contributed by atoms with Gasteiger partial charge in [-0.05, 0) is 36.2 Å². The minimum atomic E-state index is -0.594. The van der Waals surface area contributed by atoms with Crippen LogP contribution < -0.4 is 29.2 Å². The Balaban J connectivity index is 1.82. The Morgan fingerprint density at radius 3 is 2.19 bits per heavy atom. The molecule has 0 aliphatic carbocycles. The van der Waals surface area contributed by atoms with Crippen LogP contribution in [0.1, 0.15) is 24.4 Å². The molecule has 0 saturated carbocycles. The number of amides is 2. The number of ether oxygens (including phenoxy) is 4. The van der Waals surface area contributed by atoms with E-state index < -0.39 is 12.0 Å². The lowest BCUT2D eigenvalue weighted by Crippen LogP contribution is -2.47. The van der Waals surface area contributed by atoms with Gasteiger partial charge in [0.05, 0.1) is 46.1 Å². The fourth-order valence-electron chi connectivity index (χ4n) is 4.52. The summed E-state index contributed by atoms with van der Waals surface area (Å²) in [6.07, 6.45) is 2.20. The number of rotatable bonds is 8. The quantitative estimate of drug-likeness (QED) is 0.503. The van der Waals surface area contributed by atoms with E-state index in [0.717, 1.165) is 5.56 Å². The van der Waals surface area contributed by atoms with Crippen molar-refractivity contribution in [3.8, 4) is 23.0 Å². The summed E-state index contributed by atoms with van der Waals surface area (Å²) in [4.78, 5) is 32.8. The molecule has 0 bridgehead atoms. The SMILES string of the molecule is COc1ccc([C@H]2[C@@H](C(=O)Nc3ccccn3)CCC(=O)N2c2cc(OC)c(OC)c(OC)c2)cc1. The van der Waals surface area contributed by atoms with Crippen LogP contribution in [0.25, 0.3) is 0 Å². The topological polar surface area (TPSA) is 99.2 Å². The maximum atomic E-state index is 13.5. The number of methoxy groups -OCH3 is 4. The van der Waals surface area contributed by atoms with E-state index in [4.69, 9.17) is 18.9 Å². The van der Waals surface area contributed by atoms with Crippen molar-refractivity contribution in [3.63, 3.8) is 0 Å². The monoisotopic (exact) mass is 491 g/mol. The van der Waals surface area contributed by atoms with Crippen molar-refractivity contribution in [1.82, 2.24) is 4.98 Å². The van der Waals surface area contributed by atoms with E-state index in [2.05, 4.69) is 10.3 Å². The van der Waals surface area contributed by atoms with Crippen LogP contribution in [0.4, 0.5) is 11.5 Å². The molecule has 2 atom stereocenters. The number of pyridine rings is 1. The van der Waals surface area contributed by atoms with Gasteiger partial charge < -0.3 is 29.2 Å². The van der Waals surface area contributed by atoms with Crippen molar-refractivity contribution in [2.75, 3.05) is 38.7 Å². The van der Waals surface area contributed by atoms with E-state index in [0.29, 0.717) is 40.9 Å². The van der Waals surface area contributed by atoms with Gasteiger partial charge in [0.2, 0.25) is 17.6 Å². The van der Waals surface area contributed by atoms with Crippen molar-refractivity contribution >= 4 is 23.3 Å². The zero-order chi connectivity index (χ0) is 25.7. The number of carbonyl (C=O) groups is 2. The van der Waals surface area contributed by atoms with Crippen LogP contribution in [0.15, 0.2) is 60.8 Å². The molecule has 1 fully saturated rings. The number of carbonyl (C=O) groups excluding carboxylic acids is 2. The van der Waals surface area contributed by atoms with Gasteiger partial charge >= 0.3 is 0 Å². The Bertz CT molecular complexity index is 1190. The molecule has 0 spiro atoms. The van der Waals surface area contributed by atoms with E-state index in [1.807, 2.05) is 24.3 Å². The van der Waals surface area contributed by atoms with Crippen LogP contribution in [0, 0.1) is 5.92 Å². The largest absolute Gasteiger partial charge is 0.497 e. The second-order valence-electron chi connectivity index (χ2n) is 8.21. The number of anilines is 2. The first-order valence-corrected chi connectivity index (χ1v) is 11.5. The van der Waals surface area contributed by atoms with Gasteiger partial charge in [0.15, 0.2) is 11.5 Å². The van der Waals surface area contributed by atoms with Gasteiger partial charge in [-0.3, -0.25) is 9.59 Å². The lowest BCUT2D eigenvalue weighted by atomic mass is 9.83. The highest BCUT2D eigenvalue weighted by molar-refractivity contribution is 6.00. The first kappa shape index (κ1) is 24.8. The molecule has 1 saturated heterocycles. The van der Waals surface area contributed by atoms with Gasteiger partial charge in [0.1, 0.15) is 11.6 Å². The van der Waals surface area contributed by atoms with Crippen LogP contribution in [0.3, 0.4) is 0 Å². The average Bonchev–Trinajstić information content (AvgIpc) is 2.92. The number of benzene rings is 2. The second-order valence-corrected chi connectivity index (χ2v) is 8.21. The van der Waals surface area contributed by atoms with Crippen molar-refractivity contribution in [2.45, 2.75) is 18.9 Å². The van der Waals surface area contributed by atoms with Gasteiger partial charge in [-0.25, -0.2) is 4.98 Å². The molecule has 1 aliphatic heterocycles. The molecule has 9 heteroatoms. The first-order chi connectivity index (χ1) is 17.5. The number of hydrogen-bond donors (Lipinski definition) is 1. The summed E-state index contributed by atoms with van der Waals surface area (Å²) in [6, 6.07) is 15.5. The average molecular weight is 492 g/mol. The van der Waals surface area contributed by atoms with E-state index in [1.165, 1.54) is 21.3 Å². The van der Waals surface area contributed by atoms with E-state index >= 15 is 0 Å². The summed E-state index contributed by atoms with van der Waals surface area (Å²) in [6.45, 7) is 0. The maximum Gasteiger partial charge on any atom is 0.231 e. The predicted molar refractivity (Wildman–Crippen MR) is 135 cm³/mol. The molecule has 0 unspecified atom stereocenters. The highest BCUT2D eigenvalue weighted by atomic mass is 16.5. The molecular weight excluding hydrogens is 462 g/mol. The Hall–Kier alpha value is -4.27. The molecule has 9 nitrogen and oxygen atoms in total. The first-order valence-electron chi connectivity index (χ1n) is 11.5. The second kappa shape index (κ2) is 11.0. The number of nitrogens with zero attached hydrogens (tertiary/aromatic N) is 2. The molecule has 4 rings (SSSR count). The fourth-order valence-corrected chi connectivity index (χ4v) is 4.52. The van der Waals surface area contributed by atoms with Crippen LogP contribution >= 0.6 is 0 Å². The van der Waals surface area contributed by atoms with Crippen molar-refractivity contribution < 1.29 is 28.5 Å². The molecule has 2 amide bonds. The van der Waals surface area contributed by atoms with Crippen LogP contribution in [-0.4, -0.2) is 45.2 Å². The van der Waals surface area contributed by atoms with Crippen LogP contribution in [0.5, 0.6) is 23.0 Å². The molecule has 1 N–H and O–H groups in total. The third kappa shape index (κ3) is 4.91. The predicted octanol–water partition coefficient (Wildman–Crippen LogP) is 4.24. The van der Waals surface area contributed by atoms with Crippen molar-refractivity contribution in [2.24, 2.45) is 5.92 Å². The summed E-state index contributed by atoms with van der Waals surface area (Å²) >= 11 is 0. The van der Waals surface area contributed by atoms with Crippen LogP contribution in [0.2, 0.25) is 0 Å². The van der Waals surface area contributed by atoms with Crippen molar-refractivity contribution in [3.05, 3.63) is 66.4 Å². The zero-order valence-corrected chi connectivity index (χ0v) is 20.7. The Morgan fingerprint density at radius 1 is 0.944 bits per heavy atom. The Kier molecular flexibility index (Phi) is 7.58. The van der Waals surface area contributed by atoms with Gasteiger partial charge in [-0.15, -0.1) is 0 Å². The molecular formula is C27H29N3O6. The van der Waals surface area contributed by atoms with Gasteiger partial charge in [-0.2, -0.15) is 0 Å². The van der Waals surface area contributed by atoms with Gasteiger partial charge in [-0.1, -0.05) is 18.2 Å². The normalized spacial score (nSPS) is 17.3. The molecule has 2 aromatic carbocycles. The summed E-state index contributed by atoms with van der Waals surface area (Å²) in [5.74, 6) is 1.48. The molecule has 2 heterocycles. The number of piperidine rings is 1. The minimum absolute atomic E-state index is 0.119. The number of hydrogen-bond acceptors (Lipinski definition) is 7. The third-order valence-corrected chi connectivity index (χ3v) is 6.24. The molecule has 1 aliphatic rings. The standard InChI is InChI=1S/C27H29N3O6/c1-33-19-10-8-17(9-11-19)25-20(27(32)29-23-7-5-6-14-28-23)12-13-24(31)30(25)18-15-21(34-2)26(36-4)22(16-18)35-3/h5-11,14-16,20,25H,12-13H2,1-4H3,(H,28,29,32)/t20-,25-/m0/s1. The molecule has 3 aromatic rings. The van der Waals surface area contributed by atoms with Crippen molar-refractivity contribution in [1.29, 1.82) is 0 Å². The van der Waals surface area contributed by atoms with Gasteiger partial charge in [0.25, 0.3) is 0 Å². The number of aromatic nitrogens is 1.